The summed E-state index contributed by atoms with van der Waals surface area (Å²) in [5.74, 6) is -2.50. The first-order valence-corrected chi connectivity index (χ1v) is 10.9. The molecule has 2 aromatic carbocycles. The van der Waals surface area contributed by atoms with Gasteiger partial charge in [0, 0.05) is 16.5 Å². The van der Waals surface area contributed by atoms with E-state index in [1.54, 1.807) is 0 Å². The number of carbonyl (C=O) groups is 2. The molecule has 3 aromatic rings. The lowest BCUT2D eigenvalue weighted by atomic mass is 9.98. The van der Waals surface area contributed by atoms with E-state index in [1.807, 2.05) is 0 Å². The lowest BCUT2D eigenvalue weighted by molar-refractivity contribution is 0.0888. The van der Waals surface area contributed by atoms with E-state index in [-0.39, 0.29) is 21.7 Å². The Labute approximate surface area is 164 Å². The number of fused-ring (bicyclic) bond motifs is 2. The van der Waals surface area contributed by atoms with E-state index in [9.17, 15) is 26.4 Å². The molecule has 1 aliphatic carbocycles. The first kappa shape index (κ1) is 19.3. The molecule has 0 radical (unpaired) electrons. The van der Waals surface area contributed by atoms with Gasteiger partial charge in [-0.05, 0) is 42.5 Å². The van der Waals surface area contributed by atoms with Crippen molar-refractivity contribution in [3.63, 3.8) is 0 Å². The van der Waals surface area contributed by atoms with Crippen molar-refractivity contribution in [2.24, 2.45) is 0 Å². The molecule has 0 aliphatic heterocycles. The van der Waals surface area contributed by atoms with Gasteiger partial charge in [-0.1, -0.05) is 6.07 Å². The molecule has 1 aromatic heterocycles. The first-order valence-electron chi connectivity index (χ1n) is 8.05. The summed E-state index contributed by atoms with van der Waals surface area (Å²) in [6, 6.07) is 9.66. The molecular formula is C18H11NO8S2. The number of ketones is 2. The van der Waals surface area contributed by atoms with Crippen LogP contribution in [0.2, 0.25) is 0 Å². The van der Waals surface area contributed by atoms with E-state index >= 15 is 0 Å². The van der Waals surface area contributed by atoms with E-state index in [4.69, 9.17) is 9.11 Å². The van der Waals surface area contributed by atoms with Crippen LogP contribution in [0.3, 0.4) is 0 Å². The summed E-state index contributed by atoms with van der Waals surface area (Å²) in [4.78, 5) is 28.9. The number of rotatable bonds is 3. The lowest BCUT2D eigenvalue weighted by Crippen LogP contribution is -2.14. The Kier molecular flexibility index (Phi) is 4.17. The molecule has 11 heteroatoms. The highest BCUT2D eigenvalue weighted by atomic mass is 32.2. The fourth-order valence-electron chi connectivity index (χ4n) is 3.24. The molecule has 1 heterocycles. The van der Waals surface area contributed by atoms with Gasteiger partial charge in [0.2, 0.25) is 0 Å². The van der Waals surface area contributed by atoms with Crippen molar-refractivity contribution >= 4 is 42.7 Å². The third kappa shape index (κ3) is 3.23. The van der Waals surface area contributed by atoms with E-state index in [2.05, 4.69) is 4.98 Å². The van der Waals surface area contributed by atoms with E-state index in [0.717, 1.165) is 24.3 Å². The molecule has 9 nitrogen and oxygen atoms in total. The van der Waals surface area contributed by atoms with Gasteiger partial charge in [-0.3, -0.25) is 23.7 Å². The van der Waals surface area contributed by atoms with Gasteiger partial charge in [0.05, 0.1) is 21.0 Å². The normalized spacial score (nSPS) is 17.0. The van der Waals surface area contributed by atoms with Gasteiger partial charge in [-0.2, -0.15) is 16.8 Å². The molecule has 0 saturated carbocycles. The van der Waals surface area contributed by atoms with Gasteiger partial charge in [-0.25, -0.2) is 0 Å². The van der Waals surface area contributed by atoms with Crippen LogP contribution < -0.4 is 0 Å². The lowest BCUT2D eigenvalue weighted by Gasteiger charge is -2.08. The molecule has 4 rings (SSSR count). The zero-order chi connectivity index (χ0) is 21.1. The van der Waals surface area contributed by atoms with Crippen molar-refractivity contribution in [2.45, 2.75) is 15.7 Å². The van der Waals surface area contributed by atoms with Crippen LogP contribution in [0.1, 0.15) is 32.3 Å². The molecule has 2 N–H and O–H groups in total. The number of hydrogen-bond acceptors (Lipinski definition) is 7. The van der Waals surface area contributed by atoms with Crippen LogP contribution in [-0.2, 0) is 20.2 Å². The minimum absolute atomic E-state index is 0.0241. The van der Waals surface area contributed by atoms with Crippen LogP contribution in [-0.4, -0.2) is 42.5 Å². The van der Waals surface area contributed by atoms with Crippen molar-refractivity contribution < 1.29 is 35.5 Å². The molecule has 148 valence electrons. The standard InChI is InChI=1S/C18H11NO8S2/c20-17-12-4-2-11(29(25,26)27)8-13(12)18(21)16(17)15-5-1-9-7-10(28(22,23)24)3-6-14(9)19-15/h1-8,16H,(H,22,23,24)(H,25,26,27). The third-order valence-corrected chi connectivity index (χ3v) is 6.32. The molecule has 0 amide bonds. The summed E-state index contributed by atoms with van der Waals surface area (Å²) in [7, 11) is -8.94. The van der Waals surface area contributed by atoms with Gasteiger partial charge in [0.25, 0.3) is 20.2 Å². The predicted molar refractivity (Wildman–Crippen MR) is 99.2 cm³/mol. The summed E-state index contributed by atoms with van der Waals surface area (Å²) in [5, 5.41) is 0.368. The zero-order valence-corrected chi connectivity index (χ0v) is 15.9. The number of hydrogen-bond donors (Lipinski definition) is 2. The second kappa shape index (κ2) is 6.26. The summed E-state index contributed by atoms with van der Waals surface area (Å²) in [6.45, 7) is 0. The van der Waals surface area contributed by atoms with E-state index in [0.29, 0.717) is 10.9 Å². The molecule has 1 aliphatic rings. The van der Waals surface area contributed by atoms with Gasteiger partial charge in [0.1, 0.15) is 5.92 Å². The summed E-state index contributed by atoms with van der Waals surface area (Å²) < 4.78 is 63.4. The Morgan fingerprint density at radius 1 is 0.724 bits per heavy atom. The van der Waals surface area contributed by atoms with Crippen molar-refractivity contribution in [1.82, 2.24) is 4.98 Å². The van der Waals surface area contributed by atoms with Crippen LogP contribution in [0.25, 0.3) is 10.9 Å². The number of carbonyl (C=O) groups excluding carboxylic acids is 2. The largest absolute Gasteiger partial charge is 0.294 e. The summed E-state index contributed by atoms with van der Waals surface area (Å²) in [5.41, 5.74) is 0.302. The Balaban J connectivity index is 1.79. The molecule has 0 spiro atoms. The number of aromatic nitrogens is 1. The van der Waals surface area contributed by atoms with Gasteiger partial charge in [-0.15, -0.1) is 0 Å². The fraction of sp³-hybridized carbons (Fsp3) is 0.0556. The highest BCUT2D eigenvalue weighted by Crippen LogP contribution is 2.35. The molecule has 0 fully saturated rings. The maximum absolute atomic E-state index is 12.8. The van der Waals surface area contributed by atoms with Crippen LogP contribution in [0.4, 0.5) is 0 Å². The van der Waals surface area contributed by atoms with Gasteiger partial charge in [0.15, 0.2) is 11.6 Å². The third-order valence-electron chi connectivity index (χ3n) is 4.62. The molecule has 1 unspecified atom stereocenters. The smallest absolute Gasteiger partial charge is 0.293 e. The summed E-state index contributed by atoms with van der Waals surface area (Å²) in [6.07, 6.45) is 0. The summed E-state index contributed by atoms with van der Waals surface area (Å²) >= 11 is 0. The van der Waals surface area contributed by atoms with E-state index < -0.39 is 42.6 Å². The number of Topliss-reactive ketones (excluding diaryl/α,β-unsaturated/α-hetero) is 2. The maximum Gasteiger partial charge on any atom is 0.294 e. The maximum atomic E-state index is 12.8. The van der Waals surface area contributed by atoms with Crippen LogP contribution >= 0.6 is 0 Å². The number of pyridine rings is 1. The number of nitrogens with zero attached hydrogens (tertiary/aromatic N) is 1. The predicted octanol–water partition coefficient (Wildman–Crippen LogP) is 1.89. The highest BCUT2D eigenvalue weighted by Gasteiger charge is 2.41. The molecule has 0 saturated heterocycles. The topological polar surface area (TPSA) is 156 Å². The monoisotopic (exact) mass is 433 g/mol. The van der Waals surface area contributed by atoms with Crippen LogP contribution in [0.5, 0.6) is 0 Å². The molecule has 1 atom stereocenters. The first-order chi connectivity index (χ1) is 13.5. The second-order valence-electron chi connectivity index (χ2n) is 6.41. The minimum atomic E-state index is -4.54. The van der Waals surface area contributed by atoms with Crippen LogP contribution in [0.15, 0.2) is 58.3 Å². The van der Waals surface area contributed by atoms with Crippen molar-refractivity contribution in [2.75, 3.05) is 0 Å². The zero-order valence-electron chi connectivity index (χ0n) is 14.3. The Bertz CT molecular complexity index is 1440. The molecule has 0 bridgehead atoms. The average Bonchev–Trinajstić information content (AvgIpc) is 2.90. The average molecular weight is 433 g/mol. The SMILES string of the molecule is O=C1c2ccc(S(=O)(=O)O)cc2C(=O)C1c1ccc2cc(S(=O)(=O)O)ccc2n1. The van der Waals surface area contributed by atoms with Crippen molar-refractivity contribution in [3.8, 4) is 0 Å². The Morgan fingerprint density at radius 3 is 1.97 bits per heavy atom. The van der Waals surface area contributed by atoms with E-state index in [1.165, 1.54) is 24.3 Å². The Morgan fingerprint density at radius 2 is 1.31 bits per heavy atom. The van der Waals surface area contributed by atoms with Crippen LogP contribution in [0, 0.1) is 0 Å². The van der Waals surface area contributed by atoms with Crippen molar-refractivity contribution in [1.29, 1.82) is 0 Å². The highest BCUT2D eigenvalue weighted by molar-refractivity contribution is 7.86. The fourth-order valence-corrected chi connectivity index (χ4v) is 4.26. The molecule has 29 heavy (non-hydrogen) atoms. The molecular weight excluding hydrogens is 422 g/mol. The van der Waals surface area contributed by atoms with Crippen molar-refractivity contribution in [3.05, 3.63) is 65.4 Å². The Hall–Kier alpha value is -2.99. The minimum Gasteiger partial charge on any atom is -0.293 e. The van der Waals surface area contributed by atoms with Gasteiger partial charge < -0.3 is 0 Å². The number of benzene rings is 2. The second-order valence-corrected chi connectivity index (χ2v) is 9.25. The quantitative estimate of drug-likeness (QED) is 0.465. The van der Waals surface area contributed by atoms with Gasteiger partial charge >= 0.3 is 0 Å².